The Morgan fingerprint density at radius 2 is 1.58 bits per heavy atom. The van der Waals surface area contributed by atoms with Crippen LogP contribution in [-0.4, -0.2) is 24.3 Å². The van der Waals surface area contributed by atoms with E-state index in [1.165, 1.54) is 21.5 Å². The summed E-state index contributed by atoms with van der Waals surface area (Å²) in [5.41, 5.74) is 1.79. The van der Waals surface area contributed by atoms with E-state index in [9.17, 15) is 4.79 Å². The molecule has 3 rings (SSSR count). The van der Waals surface area contributed by atoms with Gasteiger partial charge in [0.15, 0.2) is 0 Å². The summed E-state index contributed by atoms with van der Waals surface area (Å²) in [6, 6.07) is 14.7. The van der Waals surface area contributed by atoms with Gasteiger partial charge in [-0.2, -0.15) is 0 Å². The van der Waals surface area contributed by atoms with Gasteiger partial charge in [0.05, 0.1) is 8.07 Å². The highest BCUT2D eigenvalue weighted by atomic mass is 28.3. The summed E-state index contributed by atoms with van der Waals surface area (Å²) >= 11 is 0. The fraction of sp³-hybridized carbons (Fsp3) is 0.318. The smallest absolute Gasteiger partial charge is 0.418 e. The maximum absolute atomic E-state index is 12.6. The number of carbonyl (C=O) groups is 1. The molecule has 26 heavy (non-hydrogen) atoms. The summed E-state index contributed by atoms with van der Waals surface area (Å²) in [5.74, 6) is 0. The molecule has 0 radical (unpaired) electrons. The number of nitrogens with zero attached hydrogens (tertiary/aromatic N) is 1. The molecule has 0 unspecified atom stereocenters. The van der Waals surface area contributed by atoms with Crippen LogP contribution in [-0.2, 0) is 4.74 Å². The summed E-state index contributed by atoms with van der Waals surface area (Å²) in [6.45, 7) is 12.6. The van der Waals surface area contributed by atoms with Crippen molar-refractivity contribution in [3.63, 3.8) is 0 Å². The summed E-state index contributed by atoms with van der Waals surface area (Å²) in [5, 5.41) is 3.67. The molecule has 0 bridgehead atoms. The number of hydrogen-bond acceptors (Lipinski definition) is 2. The molecule has 0 aliphatic heterocycles. The average molecular weight is 366 g/mol. The molecule has 1 aromatic heterocycles. The van der Waals surface area contributed by atoms with Crippen LogP contribution in [0.4, 0.5) is 4.79 Å². The van der Waals surface area contributed by atoms with Gasteiger partial charge in [0.2, 0.25) is 0 Å². The second-order valence-electron chi connectivity index (χ2n) is 8.75. The Labute approximate surface area is 156 Å². The van der Waals surface area contributed by atoms with E-state index in [0.717, 1.165) is 5.56 Å². The molecule has 0 saturated carbocycles. The molecule has 0 fully saturated rings. The van der Waals surface area contributed by atoms with Crippen molar-refractivity contribution in [3.05, 3.63) is 54.9 Å². The van der Waals surface area contributed by atoms with Crippen LogP contribution >= 0.6 is 0 Å². The van der Waals surface area contributed by atoms with Gasteiger partial charge in [0.25, 0.3) is 0 Å². The fourth-order valence-corrected chi connectivity index (χ4v) is 4.68. The topological polar surface area (TPSA) is 31.2 Å². The zero-order valence-corrected chi connectivity index (χ0v) is 17.5. The normalized spacial score (nSPS) is 12.4. The SMILES string of the molecule is CC(C)(C)OC(=O)n1cc(-c2cccc3ccccc23)c([Si](C)(C)C)c1. The molecule has 0 spiro atoms. The van der Waals surface area contributed by atoms with E-state index in [1.807, 2.05) is 33.2 Å². The quantitative estimate of drug-likeness (QED) is 0.551. The monoisotopic (exact) mass is 365 g/mol. The molecule has 3 nitrogen and oxygen atoms in total. The third kappa shape index (κ3) is 3.75. The molecule has 0 atom stereocenters. The Kier molecular flexibility index (Phi) is 4.57. The highest BCUT2D eigenvalue weighted by Gasteiger charge is 2.26. The van der Waals surface area contributed by atoms with Crippen molar-refractivity contribution in [1.29, 1.82) is 0 Å². The third-order valence-electron chi connectivity index (χ3n) is 4.32. The molecule has 0 N–H and O–H groups in total. The van der Waals surface area contributed by atoms with Gasteiger partial charge in [0.1, 0.15) is 5.60 Å². The minimum absolute atomic E-state index is 0.330. The number of aromatic nitrogens is 1. The van der Waals surface area contributed by atoms with Crippen LogP contribution in [0.3, 0.4) is 0 Å². The van der Waals surface area contributed by atoms with Gasteiger partial charge in [-0.25, -0.2) is 4.79 Å². The lowest BCUT2D eigenvalue weighted by molar-refractivity contribution is 0.0537. The molecule has 136 valence electrons. The zero-order valence-electron chi connectivity index (χ0n) is 16.5. The molecule has 0 saturated heterocycles. The Balaban J connectivity index is 2.18. The van der Waals surface area contributed by atoms with E-state index >= 15 is 0 Å². The largest absolute Gasteiger partial charge is 0.443 e. The Bertz CT molecular complexity index is 953. The number of rotatable bonds is 2. The van der Waals surface area contributed by atoms with Crippen LogP contribution in [0.5, 0.6) is 0 Å². The van der Waals surface area contributed by atoms with E-state index in [2.05, 4.69) is 62.1 Å². The van der Waals surface area contributed by atoms with Gasteiger partial charge in [0, 0.05) is 12.4 Å². The lowest BCUT2D eigenvalue weighted by Gasteiger charge is -2.19. The number of fused-ring (bicyclic) bond motifs is 1. The number of carbonyl (C=O) groups excluding carboxylic acids is 1. The van der Waals surface area contributed by atoms with Crippen molar-refractivity contribution in [2.45, 2.75) is 46.0 Å². The minimum Gasteiger partial charge on any atom is -0.443 e. The van der Waals surface area contributed by atoms with Gasteiger partial charge in [-0.3, -0.25) is 4.57 Å². The first-order valence-electron chi connectivity index (χ1n) is 9.00. The third-order valence-corrected chi connectivity index (χ3v) is 6.33. The van der Waals surface area contributed by atoms with Gasteiger partial charge in [-0.15, -0.1) is 0 Å². The lowest BCUT2D eigenvalue weighted by atomic mass is 10.0. The van der Waals surface area contributed by atoms with Gasteiger partial charge in [-0.05, 0) is 47.9 Å². The Hall–Kier alpha value is -2.33. The first kappa shape index (κ1) is 18.5. The van der Waals surface area contributed by atoms with Crippen molar-refractivity contribution in [3.8, 4) is 11.1 Å². The summed E-state index contributed by atoms with van der Waals surface area (Å²) in [7, 11) is -1.66. The van der Waals surface area contributed by atoms with Crippen molar-refractivity contribution < 1.29 is 9.53 Å². The van der Waals surface area contributed by atoms with Crippen molar-refractivity contribution >= 4 is 30.1 Å². The van der Waals surface area contributed by atoms with Gasteiger partial charge in [-0.1, -0.05) is 62.1 Å². The average Bonchev–Trinajstić information content (AvgIpc) is 2.98. The van der Waals surface area contributed by atoms with Crippen LogP contribution in [0, 0.1) is 0 Å². The van der Waals surface area contributed by atoms with Gasteiger partial charge >= 0.3 is 6.09 Å². The number of ether oxygens (including phenoxy) is 1. The van der Waals surface area contributed by atoms with Crippen molar-refractivity contribution in [2.24, 2.45) is 0 Å². The van der Waals surface area contributed by atoms with E-state index < -0.39 is 13.7 Å². The zero-order chi connectivity index (χ0) is 19.1. The Morgan fingerprint density at radius 3 is 2.23 bits per heavy atom. The molecular formula is C22H27NO2Si. The van der Waals surface area contributed by atoms with E-state index in [1.54, 1.807) is 4.57 Å². The molecule has 0 aliphatic rings. The maximum atomic E-state index is 12.6. The second kappa shape index (κ2) is 6.43. The van der Waals surface area contributed by atoms with Crippen LogP contribution in [0.2, 0.25) is 19.6 Å². The lowest BCUT2D eigenvalue weighted by Crippen LogP contribution is -2.38. The molecule has 0 amide bonds. The standard InChI is InChI=1S/C22H27NO2Si/c1-22(2,3)25-21(24)23-14-19(20(15-23)26(4,5)6)18-13-9-11-16-10-7-8-12-17(16)18/h7-15H,1-6H3. The minimum atomic E-state index is -1.66. The van der Waals surface area contributed by atoms with Crippen molar-refractivity contribution in [2.75, 3.05) is 0 Å². The number of benzene rings is 2. The van der Waals surface area contributed by atoms with Crippen LogP contribution in [0.15, 0.2) is 54.9 Å². The van der Waals surface area contributed by atoms with Gasteiger partial charge < -0.3 is 4.74 Å². The predicted octanol–water partition coefficient (Wildman–Crippen LogP) is 5.64. The molecule has 3 aromatic rings. The maximum Gasteiger partial charge on any atom is 0.418 e. The highest BCUT2D eigenvalue weighted by molar-refractivity contribution is 6.89. The summed E-state index contributed by atoms with van der Waals surface area (Å²) in [6.07, 6.45) is 3.57. The predicted molar refractivity (Wildman–Crippen MR) is 112 cm³/mol. The van der Waals surface area contributed by atoms with Crippen LogP contribution in [0.1, 0.15) is 20.8 Å². The van der Waals surface area contributed by atoms with E-state index in [4.69, 9.17) is 4.74 Å². The van der Waals surface area contributed by atoms with E-state index in [0.29, 0.717) is 0 Å². The highest BCUT2D eigenvalue weighted by Crippen LogP contribution is 2.29. The molecule has 0 aliphatic carbocycles. The first-order chi connectivity index (χ1) is 12.1. The molecular weight excluding hydrogens is 338 g/mol. The Morgan fingerprint density at radius 1 is 0.923 bits per heavy atom. The first-order valence-corrected chi connectivity index (χ1v) is 12.5. The van der Waals surface area contributed by atoms with E-state index in [-0.39, 0.29) is 6.09 Å². The number of hydrogen-bond donors (Lipinski definition) is 0. The molecule has 1 heterocycles. The molecule has 4 heteroatoms. The van der Waals surface area contributed by atoms with Crippen LogP contribution < -0.4 is 5.19 Å². The summed E-state index contributed by atoms with van der Waals surface area (Å²) < 4.78 is 7.17. The van der Waals surface area contributed by atoms with Crippen molar-refractivity contribution in [1.82, 2.24) is 4.57 Å². The second-order valence-corrected chi connectivity index (χ2v) is 13.8. The fourth-order valence-electron chi connectivity index (χ4n) is 3.15. The summed E-state index contributed by atoms with van der Waals surface area (Å²) in [4.78, 5) is 12.6. The molecule has 2 aromatic carbocycles. The van der Waals surface area contributed by atoms with Crippen LogP contribution in [0.25, 0.3) is 21.9 Å².